The highest BCUT2D eigenvalue weighted by atomic mass is 16.5. The van der Waals surface area contributed by atoms with E-state index in [1.54, 1.807) is 24.3 Å². The predicted molar refractivity (Wildman–Crippen MR) is 134 cm³/mol. The van der Waals surface area contributed by atoms with E-state index < -0.39 is 17.7 Å². The molecule has 1 fully saturated rings. The van der Waals surface area contributed by atoms with Crippen LogP contribution in [0, 0.1) is 0 Å². The third kappa shape index (κ3) is 4.46. The predicted octanol–water partition coefficient (Wildman–Crippen LogP) is 3.02. The number of hydrogen-bond donors (Lipinski definition) is 1. The third-order valence-corrected chi connectivity index (χ3v) is 6.50. The van der Waals surface area contributed by atoms with Gasteiger partial charge in [-0.2, -0.15) is 0 Å². The Bertz CT molecular complexity index is 1200. The van der Waals surface area contributed by atoms with Crippen LogP contribution in [0.3, 0.4) is 0 Å². The summed E-state index contributed by atoms with van der Waals surface area (Å²) in [6.07, 6.45) is 0.734. The van der Waals surface area contributed by atoms with Crippen LogP contribution in [0.4, 0.5) is 0 Å². The van der Waals surface area contributed by atoms with E-state index in [2.05, 4.69) is 0 Å². The number of aliphatic hydroxyl groups excluding tert-OH is 1. The number of Topliss-reactive ketones (excluding diaryl/α,β-unsaturated/α-hetero) is 1. The van der Waals surface area contributed by atoms with E-state index in [9.17, 15) is 14.7 Å². The van der Waals surface area contributed by atoms with Gasteiger partial charge in [-0.05, 0) is 62.5 Å². The van der Waals surface area contributed by atoms with Crippen molar-refractivity contribution in [3.8, 4) is 23.0 Å². The van der Waals surface area contributed by atoms with Crippen LogP contribution in [0.25, 0.3) is 5.76 Å². The Hall–Kier alpha value is -3.72. The molecule has 0 aromatic heterocycles. The number of ketones is 1. The van der Waals surface area contributed by atoms with Crippen LogP contribution in [0.5, 0.6) is 23.0 Å². The van der Waals surface area contributed by atoms with Crippen LogP contribution in [-0.4, -0.2) is 81.2 Å². The van der Waals surface area contributed by atoms with Gasteiger partial charge in [0, 0.05) is 25.1 Å². The fourth-order valence-corrected chi connectivity index (χ4v) is 4.75. The van der Waals surface area contributed by atoms with E-state index in [1.807, 2.05) is 32.0 Å². The number of carbonyl (C=O) groups excluding carboxylic acids is 2. The summed E-state index contributed by atoms with van der Waals surface area (Å²) in [5.74, 6) is 0.267. The van der Waals surface area contributed by atoms with Gasteiger partial charge >= 0.3 is 0 Å². The Morgan fingerprint density at radius 1 is 1.08 bits per heavy atom. The monoisotopic (exact) mass is 496 g/mol. The number of hydrogen-bond acceptors (Lipinski definition) is 8. The van der Waals surface area contributed by atoms with Gasteiger partial charge in [-0.3, -0.25) is 9.59 Å². The van der Waals surface area contributed by atoms with Gasteiger partial charge in [-0.1, -0.05) is 0 Å². The topological polar surface area (TPSA) is 97.8 Å². The highest BCUT2D eigenvalue weighted by Crippen LogP contribution is 2.46. The summed E-state index contributed by atoms with van der Waals surface area (Å²) >= 11 is 0. The second-order valence-corrected chi connectivity index (χ2v) is 9.21. The molecular formula is C27H32N2O7. The molecular weight excluding hydrogens is 464 g/mol. The summed E-state index contributed by atoms with van der Waals surface area (Å²) in [6, 6.07) is 7.85. The summed E-state index contributed by atoms with van der Waals surface area (Å²) in [7, 11) is 8.27. The van der Waals surface area contributed by atoms with Crippen molar-refractivity contribution < 1.29 is 33.6 Å². The average Bonchev–Trinajstić information content (AvgIpc) is 3.36. The number of amides is 1. The van der Waals surface area contributed by atoms with Gasteiger partial charge in [-0.25, -0.2) is 0 Å². The number of aliphatic hydroxyl groups is 1. The van der Waals surface area contributed by atoms with E-state index in [0.29, 0.717) is 41.3 Å². The summed E-state index contributed by atoms with van der Waals surface area (Å²) in [4.78, 5) is 30.0. The molecule has 0 spiro atoms. The highest BCUT2D eigenvalue weighted by Gasteiger charge is 2.46. The number of rotatable bonds is 8. The minimum absolute atomic E-state index is 0.0138. The van der Waals surface area contributed by atoms with Crippen molar-refractivity contribution in [1.82, 2.24) is 9.80 Å². The minimum atomic E-state index is -0.845. The van der Waals surface area contributed by atoms with Gasteiger partial charge in [0.15, 0.2) is 11.5 Å². The molecule has 2 aromatic carbocycles. The second-order valence-electron chi connectivity index (χ2n) is 9.21. The molecule has 4 rings (SSSR count). The Kier molecular flexibility index (Phi) is 7.12. The first-order valence-corrected chi connectivity index (χ1v) is 11.7. The Labute approximate surface area is 210 Å². The van der Waals surface area contributed by atoms with Gasteiger partial charge in [0.25, 0.3) is 11.7 Å². The first-order chi connectivity index (χ1) is 17.2. The fraction of sp³-hybridized carbons (Fsp3) is 0.407. The van der Waals surface area contributed by atoms with Crippen LogP contribution in [0.1, 0.15) is 29.7 Å². The standard InChI is InChI=1S/C27H32N2O7/c1-15-11-17-12-16(7-8-19(17)36-15)24(30)22-23(29(10-9-28(2)3)27(32)25(22)31)18-13-20(33-4)26(35-6)21(14-18)34-5/h7-8,12-15,23,30H,9-11H2,1-6H3/t15-,23-/m0/s1. The molecule has 2 aromatic rings. The smallest absolute Gasteiger partial charge is 0.295 e. The van der Waals surface area contributed by atoms with Gasteiger partial charge in [0.2, 0.25) is 5.75 Å². The first kappa shape index (κ1) is 25.4. The van der Waals surface area contributed by atoms with Crippen LogP contribution in [-0.2, 0) is 16.0 Å². The molecule has 0 aliphatic carbocycles. The Balaban J connectivity index is 1.90. The van der Waals surface area contributed by atoms with Crippen LogP contribution in [0.15, 0.2) is 35.9 Å². The summed E-state index contributed by atoms with van der Waals surface area (Å²) in [5, 5.41) is 11.4. The van der Waals surface area contributed by atoms with Crippen LogP contribution < -0.4 is 18.9 Å². The molecule has 0 radical (unpaired) electrons. The van der Waals surface area contributed by atoms with E-state index in [4.69, 9.17) is 18.9 Å². The Morgan fingerprint density at radius 3 is 2.33 bits per heavy atom. The zero-order valence-electron chi connectivity index (χ0n) is 21.5. The van der Waals surface area contributed by atoms with Gasteiger partial charge in [-0.15, -0.1) is 0 Å². The summed E-state index contributed by atoms with van der Waals surface area (Å²) in [5.41, 5.74) is 1.97. The molecule has 0 bridgehead atoms. The van der Waals surface area contributed by atoms with Gasteiger partial charge < -0.3 is 33.9 Å². The molecule has 2 aliphatic heterocycles. The zero-order chi connectivity index (χ0) is 26.1. The maximum absolute atomic E-state index is 13.3. The number of likely N-dealkylation sites (tertiary alicyclic amines) is 1. The molecule has 0 unspecified atom stereocenters. The number of benzene rings is 2. The molecule has 2 atom stereocenters. The second kappa shape index (κ2) is 10.1. The number of methoxy groups -OCH3 is 3. The third-order valence-electron chi connectivity index (χ3n) is 6.50. The lowest BCUT2D eigenvalue weighted by Crippen LogP contribution is -2.35. The minimum Gasteiger partial charge on any atom is -0.507 e. The van der Waals surface area contributed by atoms with Crippen molar-refractivity contribution in [3.63, 3.8) is 0 Å². The van der Waals surface area contributed by atoms with Crippen molar-refractivity contribution in [3.05, 3.63) is 52.6 Å². The molecule has 192 valence electrons. The molecule has 1 amide bonds. The van der Waals surface area contributed by atoms with Crippen molar-refractivity contribution in [2.45, 2.75) is 25.5 Å². The van der Waals surface area contributed by atoms with Gasteiger partial charge in [0.05, 0.1) is 32.9 Å². The zero-order valence-corrected chi connectivity index (χ0v) is 21.5. The fourth-order valence-electron chi connectivity index (χ4n) is 4.75. The first-order valence-electron chi connectivity index (χ1n) is 11.7. The van der Waals surface area contributed by atoms with Crippen LogP contribution >= 0.6 is 0 Å². The molecule has 2 aliphatic rings. The van der Waals surface area contributed by atoms with E-state index in [1.165, 1.54) is 26.2 Å². The lowest BCUT2D eigenvalue weighted by atomic mass is 9.94. The lowest BCUT2D eigenvalue weighted by molar-refractivity contribution is -0.140. The maximum atomic E-state index is 13.3. The lowest BCUT2D eigenvalue weighted by Gasteiger charge is -2.27. The van der Waals surface area contributed by atoms with Crippen molar-refractivity contribution >= 4 is 17.4 Å². The summed E-state index contributed by atoms with van der Waals surface area (Å²) in [6.45, 7) is 2.79. The van der Waals surface area contributed by atoms with E-state index in [-0.39, 0.29) is 24.0 Å². The Morgan fingerprint density at radius 2 is 1.75 bits per heavy atom. The number of carbonyl (C=O) groups is 2. The molecule has 9 nitrogen and oxygen atoms in total. The molecule has 1 saturated heterocycles. The molecule has 9 heteroatoms. The molecule has 1 N–H and O–H groups in total. The molecule has 36 heavy (non-hydrogen) atoms. The number of fused-ring (bicyclic) bond motifs is 1. The largest absolute Gasteiger partial charge is 0.507 e. The maximum Gasteiger partial charge on any atom is 0.295 e. The highest BCUT2D eigenvalue weighted by molar-refractivity contribution is 6.46. The molecule has 2 heterocycles. The summed E-state index contributed by atoms with van der Waals surface area (Å²) < 4.78 is 22.2. The SMILES string of the molecule is COc1cc([C@H]2C(=C(O)c3ccc4c(c3)C[C@H](C)O4)C(=O)C(=O)N2CCN(C)C)cc(OC)c1OC. The molecule has 0 saturated carbocycles. The number of nitrogens with zero attached hydrogens (tertiary/aromatic N) is 2. The van der Waals surface area contributed by atoms with Gasteiger partial charge in [0.1, 0.15) is 17.6 Å². The number of likely N-dealkylation sites (N-methyl/N-ethyl adjacent to an activating group) is 1. The van der Waals surface area contributed by atoms with Crippen molar-refractivity contribution in [1.29, 1.82) is 0 Å². The number of ether oxygens (including phenoxy) is 4. The normalized spacial score (nSPS) is 20.5. The quantitative estimate of drug-likeness (QED) is 0.338. The van der Waals surface area contributed by atoms with Crippen molar-refractivity contribution in [2.24, 2.45) is 0 Å². The average molecular weight is 497 g/mol. The van der Waals surface area contributed by atoms with Crippen molar-refractivity contribution in [2.75, 3.05) is 48.5 Å². The van der Waals surface area contributed by atoms with E-state index >= 15 is 0 Å². The van der Waals surface area contributed by atoms with E-state index in [0.717, 1.165) is 11.3 Å². The van der Waals surface area contributed by atoms with Crippen LogP contribution in [0.2, 0.25) is 0 Å².